The molecule has 0 spiro atoms. The van der Waals surface area contributed by atoms with Crippen molar-refractivity contribution < 1.29 is 19.1 Å². The molecular formula is C36H44N2O5. The van der Waals surface area contributed by atoms with E-state index in [4.69, 9.17) is 9.47 Å². The quantitative estimate of drug-likeness (QED) is 0.219. The highest BCUT2D eigenvalue weighted by atomic mass is 16.5. The van der Waals surface area contributed by atoms with Crippen molar-refractivity contribution in [2.45, 2.75) is 78.2 Å². The van der Waals surface area contributed by atoms with Crippen LogP contribution in [0, 0.1) is 45.3 Å². The van der Waals surface area contributed by atoms with Crippen molar-refractivity contribution in [3.8, 4) is 11.8 Å². The third-order valence-electron chi connectivity index (χ3n) is 11.4. The van der Waals surface area contributed by atoms with Gasteiger partial charge >= 0.3 is 5.97 Å². The molecule has 1 aromatic rings. The molecule has 228 valence electrons. The lowest BCUT2D eigenvalue weighted by atomic mass is 9.47. The number of hydrogen-bond acceptors (Lipinski definition) is 7. The van der Waals surface area contributed by atoms with Crippen LogP contribution in [0.1, 0.15) is 77.7 Å². The summed E-state index contributed by atoms with van der Waals surface area (Å²) in [6.07, 6.45) is 7.17. The molecule has 4 aliphatic carbocycles. The minimum atomic E-state index is -0.859. The van der Waals surface area contributed by atoms with Gasteiger partial charge in [-0.15, -0.1) is 5.92 Å². The Morgan fingerprint density at radius 3 is 2.58 bits per heavy atom. The normalized spacial score (nSPS) is 35.0. The molecule has 0 aromatic heterocycles. The average Bonchev–Trinajstić information content (AvgIpc) is 3.32. The molecule has 1 aromatic carbocycles. The van der Waals surface area contributed by atoms with Crippen molar-refractivity contribution in [3.63, 3.8) is 0 Å². The standard InChI is InChI=1S/C36H44N2O5/c1-5-13-36(33(40)22-43-24(3)39)14-12-32-30-19-23(2)29-20-26(37-41)8-11-28(29)34(30)31(21-35(32,36)4)25-6-9-27(10-7-25)38-15-17-42-18-16-38/h6-7,9-10,20,23,26,30-32H,8,11-12,14-19,21-22H2,1-4H3/t23?,26?,30-,31?,32-,35-,36+/m0/s1. The Labute approximate surface area is 255 Å². The van der Waals surface area contributed by atoms with Gasteiger partial charge in [-0.05, 0) is 97.5 Å². The number of rotatable bonds is 6. The topological polar surface area (TPSA) is 85.3 Å². The van der Waals surface area contributed by atoms with Gasteiger partial charge in [-0.2, -0.15) is 4.91 Å². The van der Waals surface area contributed by atoms with E-state index in [2.05, 4.69) is 66.1 Å². The fourth-order valence-electron chi connectivity index (χ4n) is 9.46. The molecule has 6 rings (SSSR count). The van der Waals surface area contributed by atoms with Gasteiger partial charge in [0.25, 0.3) is 0 Å². The number of allylic oxidation sites excluding steroid dienone is 3. The van der Waals surface area contributed by atoms with Crippen LogP contribution in [-0.2, 0) is 19.1 Å². The summed E-state index contributed by atoms with van der Waals surface area (Å²) in [6, 6.07) is 8.80. The maximum Gasteiger partial charge on any atom is 0.303 e. The van der Waals surface area contributed by atoms with Gasteiger partial charge in [-0.3, -0.25) is 9.59 Å². The molecule has 1 aliphatic heterocycles. The number of carbonyl (C=O) groups excluding carboxylic acids is 2. The van der Waals surface area contributed by atoms with Crippen LogP contribution in [0.5, 0.6) is 0 Å². The second-order valence-electron chi connectivity index (χ2n) is 13.5. The number of benzene rings is 1. The molecule has 2 saturated carbocycles. The first kappa shape index (κ1) is 29.8. The lowest BCUT2D eigenvalue weighted by Crippen LogP contribution is -2.52. The van der Waals surface area contributed by atoms with Crippen molar-refractivity contribution in [3.05, 3.63) is 57.5 Å². The zero-order valence-electron chi connectivity index (χ0n) is 26.0. The van der Waals surface area contributed by atoms with E-state index in [1.165, 1.54) is 34.9 Å². The number of Topliss-reactive ketones (excluding diaryl/α,β-unsaturated/α-hetero) is 1. The van der Waals surface area contributed by atoms with Gasteiger partial charge in [0.1, 0.15) is 6.04 Å². The number of esters is 1. The summed E-state index contributed by atoms with van der Waals surface area (Å²) in [4.78, 5) is 39.7. The van der Waals surface area contributed by atoms with Crippen molar-refractivity contribution in [2.24, 2.45) is 33.8 Å². The highest BCUT2D eigenvalue weighted by Gasteiger charge is 2.65. The van der Waals surface area contributed by atoms with Gasteiger partial charge < -0.3 is 14.4 Å². The van der Waals surface area contributed by atoms with E-state index in [9.17, 15) is 14.5 Å². The number of morpholine rings is 1. The number of carbonyl (C=O) groups is 2. The molecule has 0 bridgehead atoms. The summed E-state index contributed by atoms with van der Waals surface area (Å²) >= 11 is 0. The predicted molar refractivity (Wildman–Crippen MR) is 166 cm³/mol. The lowest BCUT2D eigenvalue weighted by Gasteiger charge is -2.55. The van der Waals surface area contributed by atoms with Crippen molar-refractivity contribution in [1.82, 2.24) is 0 Å². The zero-order chi connectivity index (χ0) is 30.4. The van der Waals surface area contributed by atoms with Crippen LogP contribution < -0.4 is 4.90 Å². The molecule has 0 radical (unpaired) electrons. The maximum absolute atomic E-state index is 14.0. The van der Waals surface area contributed by atoms with Crippen LogP contribution in [0.2, 0.25) is 0 Å². The van der Waals surface area contributed by atoms with E-state index in [0.29, 0.717) is 24.2 Å². The van der Waals surface area contributed by atoms with Gasteiger partial charge in [-0.25, -0.2) is 0 Å². The van der Waals surface area contributed by atoms with Gasteiger partial charge in [0.2, 0.25) is 0 Å². The molecule has 43 heavy (non-hydrogen) atoms. The number of fused-ring (bicyclic) bond motifs is 4. The van der Waals surface area contributed by atoms with E-state index in [1.54, 1.807) is 0 Å². The molecule has 7 nitrogen and oxygen atoms in total. The molecule has 1 saturated heterocycles. The third-order valence-corrected chi connectivity index (χ3v) is 11.4. The Bertz CT molecular complexity index is 1410. The number of nitrogens with zero attached hydrogens (tertiary/aromatic N) is 2. The molecule has 7 atom stereocenters. The largest absolute Gasteiger partial charge is 0.458 e. The summed E-state index contributed by atoms with van der Waals surface area (Å²) in [7, 11) is 0. The zero-order valence-corrected chi connectivity index (χ0v) is 26.0. The summed E-state index contributed by atoms with van der Waals surface area (Å²) in [5.74, 6) is 7.13. The Hall–Kier alpha value is -3.24. The first-order valence-corrected chi connectivity index (χ1v) is 16.0. The highest BCUT2D eigenvalue weighted by molar-refractivity contribution is 5.91. The minimum Gasteiger partial charge on any atom is -0.458 e. The predicted octanol–water partition coefficient (Wildman–Crippen LogP) is 6.38. The van der Waals surface area contributed by atoms with Gasteiger partial charge in [0.15, 0.2) is 12.4 Å². The molecular weight excluding hydrogens is 540 g/mol. The SMILES string of the molecule is CC#C[C@]1(C(=O)COC(C)=O)CC[C@H]2[C@@H]3CC(C)C4=CC(N=O)CCC4=C3C(c3ccc(N4CCOCC4)cc3)C[C@@]21C. The van der Waals surface area contributed by atoms with E-state index < -0.39 is 11.4 Å². The smallest absolute Gasteiger partial charge is 0.303 e. The Kier molecular flexibility index (Phi) is 8.10. The fourth-order valence-corrected chi connectivity index (χ4v) is 9.46. The molecule has 0 amide bonds. The van der Waals surface area contributed by atoms with E-state index in [-0.39, 0.29) is 29.8 Å². The van der Waals surface area contributed by atoms with E-state index >= 15 is 0 Å². The van der Waals surface area contributed by atoms with Crippen LogP contribution in [-0.4, -0.2) is 50.7 Å². The monoisotopic (exact) mass is 584 g/mol. The van der Waals surface area contributed by atoms with Crippen molar-refractivity contribution >= 4 is 17.4 Å². The molecule has 3 unspecified atom stereocenters. The van der Waals surface area contributed by atoms with Gasteiger partial charge in [0, 0.05) is 31.6 Å². The molecule has 0 N–H and O–H groups in total. The number of ether oxygens (including phenoxy) is 2. The van der Waals surface area contributed by atoms with Crippen LogP contribution in [0.3, 0.4) is 0 Å². The molecule has 7 heteroatoms. The maximum atomic E-state index is 14.0. The number of ketones is 1. The molecule has 3 fully saturated rings. The van der Waals surface area contributed by atoms with Crippen LogP contribution in [0.15, 0.2) is 52.2 Å². The molecule has 5 aliphatic rings. The number of hydrogen-bond donors (Lipinski definition) is 0. The lowest BCUT2D eigenvalue weighted by molar-refractivity contribution is -0.150. The van der Waals surface area contributed by atoms with E-state index in [1.807, 2.05) is 6.92 Å². The second kappa shape index (κ2) is 11.7. The average molecular weight is 585 g/mol. The highest BCUT2D eigenvalue weighted by Crippen LogP contribution is 2.70. The summed E-state index contributed by atoms with van der Waals surface area (Å²) in [6.45, 7) is 10.8. The number of anilines is 1. The molecule has 1 heterocycles. The van der Waals surface area contributed by atoms with Crippen LogP contribution >= 0.6 is 0 Å². The first-order valence-electron chi connectivity index (χ1n) is 16.0. The first-order chi connectivity index (χ1) is 20.7. The number of nitroso groups, excluding NO2 is 1. The van der Waals surface area contributed by atoms with E-state index in [0.717, 1.165) is 58.4 Å². The van der Waals surface area contributed by atoms with Gasteiger partial charge in [0.05, 0.1) is 18.6 Å². The van der Waals surface area contributed by atoms with Crippen molar-refractivity contribution in [1.29, 1.82) is 0 Å². The summed E-state index contributed by atoms with van der Waals surface area (Å²) in [5.41, 5.74) is 5.50. The Morgan fingerprint density at radius 2 is 1.91 bits per heavy atom. The Balaban J connectivity index is 1.47. The minimum absolute atomic E-state index is 0.0680. The van der Waals surface area contributed by atoms with Crippen LogP contribution in [0.4, 0.5) is 5.69 Å². The van der Waals surface area contributed by atoms with Crippen molar-refractivity contribution in [2.75, 3.05) is 37.8 Å². The summed E-state index contributed by atoms with van der Waals surface area (Å²) in [5, 5.41) is 3.41. The fraction of sp³-hybridized carbons (Fsp3) is 0.611. The van der Waals surface area contributed by atoms with Crippen LogP contribution in [0.25, 0.3) is 0 Å². The second-order valence-corrected chi connectivity index (χ2v) is 13.5. The summed E-state index contributed by atoms with van der Waals surface area (Å²) < 4.78 is 10.9. The Morgan fingerprint density at radius 1 is 1.16 bits per heavy atom. The third kappa shape index (κ3) is 4.96. The van der Waals surface area contributed by atoms with Gasteiger partial charge in [-0.1, -0.05) is 48.7 Å².